The van der Waals surface area contributed by atoms with Gasteiger partial charge in [0, 0.05) is 63.9 Å². The van der Waals surface area contributed by atoms with Crippen LogP contribution in [-0.4, -0.2) is 89.2 Å². The van der Waals surface area contributed by atoms with E-state index in [-0.39, 0.29) is 29.0 Å². The van der Waals surface area contributed by atoms with Crippen molar-refractivity contribution in [2.24, 2.45) is 5.73 Å². The Balaban J connectivity index is -0.000000615. The second-order valence-corrected chi connectivity index (χ2v) is 11.1. The summed E-state index contributed by atoms with van der Waals surface area (Å²) in [6, 6.07) is 10.4. The van der Waals surface area contributed by atoms with Crippen LogP contribution in [0.2, 0.25) is 0 Å². The van der Waals surface area contributed by atoms with Gasteiger partial charge in [0.05, 0.1) is 9.85 Å². The number of benzene rings is 2. The first-order valence-corrected chi connectivity index (χ1v) is 16.0. The van der Waals surface area contributed by atoms with Crippen molar-refractivity contribution in [3.63, 3.8) is 0 Å². The Morgan fingerprint density at radius 2 is 1.30 bits per heavy atom. The number of carbonyl (C=O) groups is 3. The van der Waals surface area contributed by atoms with E-state index in [4.69, 9.17) is 28.2 Å². The van der Waals surface area contributed by atoms with Crippen LogP contribution in [0.1, 0.15) is 70.1 Å². The predicted molar refractivity (Wildman–Crippen MR) is 195 cm³/mol. The number of nitro groups is 2. The molecule has 2 rings (SSSR count). The van der Waals surface area contributed by atoms with Gasteiger partial charge < -0.3 is 35.1 Å². The highest BCUT2D eigenvalue weighted by Gasteiger charge is 2.18. The number of hydrogen-bond donors (Lipinski definition) is 2. The van der Waals surface area contributed by atoms with Gasteiger partial charge in [0.1, 0.15) is 17.1 Å². The largest absolute Gasteiger partial charge is 0.444 e. The molecule has 0 aliphatic rings. The highest BCUT2D eigenvalue weighted by molar-refractivity contribution is 6.61. The molecule has 0 fully saturated rings. The van der Waals surface area contributed by atoms with Crippen LogP contribution < -0.4 is 20.5 Å². The molecule has 2 aromatic rings. The van der Waals surface area contributed by atoms with E-state index >= 15 is 0 Å². The smallest absolute Gasteiger partial charge is 0.412 e. The third kappa shape index (κ3) is 26.4. The minimum atomic E-state index is -0.978. The highest BCUT2D eigenvalue weighted by atomic mass is 35.5. The molecular weight excluding hydrogens is 676 g/mol. The lowest BCUT2D eigenvalue weighted by Crippen LogP contribution is -2.36. The number of nitrogens with one attached hydrogen (secondary N) is 1. The number of carbonyl (C=O) groups excluding carboxylic acids is 3. The summed E-state index contributed by atoms with van der Waals surface area (Å²) in [7, 11) is 2.92. The lowest BCUT2D eigenvalue weighted by atomic mass is 10.2. The third-order valence-electron chi connectivity index (χ3n) is 5.81. The Hall–Kier alpha value is -4.54. The van der Waals surface area contributed by atoms with E-state index in [9.17, 15) is 34.6 Å². The summed E-state index contributed by atoms with van der Waals surface area (Å²) in [4.78, 5) is 56.1. The predicted octanol–water partition coefficient (Wildman–Crippen LogP) is 7.61. The normalized spacial score (nSPS) is 9.96. The van der Waals surface area contributed by atoms with E-state index in [1.807, 2.05) is 27.7 Å². The molecule has 0 radical (unpaired) electrons. The number of likely N-dealkylation sites (N-methyl/N-ethyl adjacent to an activating group) is 1. The molecule has 284 valence electrons. The second kappa shape index (κ2) is 28.3. The average Bonchev–Trinajstić information content (AvgIpc) is 3.07. The van der Waals surface area contributed by atoms with Crippen molar-refractivity contribution in [1.29, 1.82) is 0 Å². The van der Waals surface area contributed by atoms with Crippen molar-refractivity contribution in [2.45, 2.75) is 74.3 Å². The molecule has 50 heavy (non-hydrogen) atoms. The molecule has 17 heteroatoms. The molecule has 16 nitrogen and oxygen atoms in total. The quantitative estimate of drug-likeness (QED) is 0.0935. The summed E-state index contributed by atoms with van der Waals surface area (Å²) in [5, 5.41) is 23.2. The Morgan fingerprint density at radius 3 is 1.60 bits per heavy atom. The van der Waals surface area contributed by atoms with E-state index in [0.29, 0.717) is 19.6 Å². The molecule has 0 aromatic heterocycles. The number of nitrogens with two attached hydrogens (primary N) is 1. The minimum absolute atomic E-state index is 0.0382. The molecule has 0 saturated carbocycles. The zero-order valence-electron chi connectivity index (χ0n) is 31.6. The fraction of sp³-hybridized carbons (Fsp3) is 0.545. The maximum absolute atomic E-state index is 11.2. The number of hydrogen-bond acceptors (Lipinski definition) is 12. The van der Waals surface area contributed by atoms with Crippen molar-refractivity contribution in [1.82, 2.24) is 15.1 Å². The summed E-state index contributed by atoms with van der Waals surface area (Å²) in [5.41, 5.74) is 3.76. The molecule has 0 bridgehead atoms. The zero-order valence-corrected chi connectivity index (χ0v) is 31.4. The van der Waals surface area contributed by atoms with Crippen molar-refractivity contribution in [3.05, 3.63) is 68.8 Å². The molecule has 2 aromatic carbocycles. The van der Waals surface area contributed by atoms with Gasteiger partial charge in [-0.05, 0) is 71.1 Å². The number of non-ortho nitro benzene ring substituents is 2. The Labute approximate surface area is 301 Å². The van der Waals surface area contributed by atoms with Gasteiger partial charge in [0.15, 0.2) is 0 Å². The summed E-state index contributed by atoms with van der Waals surface area (Å²) in [5.74, 6) is 0.454. The lowest BCUT2D eigenvalue weighted by molar-refractivity contribution is -0.385. The van der Waals surface area contributed by atoms with E-state index < -0.39 is 27.0 Å². The molecule has 2 amide bonds. The number of nitrogens with zero attached hydrogens (tertiary/aromatic N) is 4. The van der Waals surface area contributed by atoms with E-state index in [2.05, 4.69) is 35.7 Å². The van der Waals surface area contributed by atoms with Gasteiger partial charge in [0.25, 0.3) is 11.4 Å². The zero-order chi connectivity index (χ0) is 40.0. The fourth-order valence-corrected chi connectivity index (χ4v) is 3.26. The molecule has 0 heterocycles. The monoisotopic (exact) mass is 731 g/mol. The van der Waals surface area contributed by atoms with Crippen LogP contribution in [0.4, 0.5) is 25.8 Å². The Bertz CT molecular complexity index is 1260. The van der Waals surface area contributed by atoms with Gasteiger partial charge in [-0.15, -0.1) is 0 Å². The molecule has 0 aliphatic carbocycles. The van der Waals surface area contributed by atoms with Crippen LogP contribution in [0, 0.1) is 20.2 Å². The molecule has 3 N–H and O–H groups in total. The number of ether oxygens (including phenoxy) is 3. The summed E-state index contributed by atoms with van der Waals surface area (Å²) < 4.78 is 20.2. The first kappa shape index (κ1) is 47.6. The van der Waals surface area contributed by atoms with Gasteiger partial charge in [-0.25, -0.2) is 14.4 Å². The van der Waals surface area contributed by atoms with Crippen molar-refractivity contribution < 1.29 is 39.8 Å². The average molecular weight is 732 g/mol. The van der Waals surface area contributed by atoms with Crippen LogP contribution in [0.3, 0.4) is 0 Å². The fourth-order valence-electron chi connectivity index (χ4n) is 3.17. The second-order valence-electron chi connectivity index (χ2n) is 10.8. The van der Waals surface area contributed by atoms with E-state index in [1.165, 1.54) is 80.5 Å². The third-order valence-corrected chi connectivity index (χ3v) is 5.89. The maximum Gasteiger partial charge on any atom is 0.412 e. The molecule has 0 saturated heterocycles. The van der Waals surface area contributed by atoms with Crippen LogP contribution in [0.5, 0.6) is 11.5 Å². The van der Waals surface area contributed by atoms with E-state index in [0.717, 1.165) is 12.8 Å². The molecule has 0 unspecified atom stereocenters. The Kier molecular flexibility index (Phi) is 26.9. The molecule has 0 spiro atoms. The van der Waals surface area contributed by atoms with Gasteiger partial charge >= 0.3 is 17.6 Å². The van der Waals surface area contributed by atoms with Crippen LogP contribution in [-0.2, 0) is 4.74 Å². The van der Waals surface area contributed by atoms with Gasteiger partial charge in [-0.2, -0.15) is 0 Å². The Morgan fingerprint density at radius 1 is 0.880 bits per heavy atom. The van der Waals surface area contributed by atoms with Gasteiger partial charge in [-0.1, -0.05) is 41.5 Å². The van der Waals surface area contributed by atoms with Gasteiger partial charge in [-0.3, -0.25) is 20.2 Å². The van der Waals surface area contributed by atoms with Crippen LogP contribution >= 0.6 is 11.6 Å². The van der Waals surface area contributed by atoms with Crippen LogP contribution in [0.25, 0.3) is 0 Å². The maximum atomic E-state index is 11.2. The molecule has 0 atom stereocenters. The topological polar surface area (TPSA) is 210 Å². The standard InChI is InChI=1S/C11H14N2O4.C8H18N2O2.C7H4ClNO4.C6H15N.CH4/c1-2-3-8-12-11(14)17-10-6-4-9(5-7-10)13(15)16;1-8(2,3)12-7(11)10(4)6-5-9;8-7(10)13-6-3-1-5(2-4-6)9(11)12;1-4-7(5-2)6-3;/h4-7H,2-3,8H2,1H3,(H,12,14);5-6,9H2,1-4H3;1-4H;4-6H2,1-3H3;1H4/i;;;;1D. The SMILES string of the molecule is CCCCNC(=O)Oc1ccc([N+](=O)[O-])cc1.CCN(CC)CC.CN(CCN)C(=O)OC(C)(C)C.O=C(Cl)Oc1ccc([N+](=O)[O-])cc1.[2H]C. The number of rotatable bonds is 12. The number of halogens is 1. The first-order valence-electron chi connectivity index (χ1n) is 16.6. The van der Waals surface area contributed by atoms with Crippen molar-refractivity contribution in [3.8, 4) is 11.5 Å². The summed E-state index contributed by atoms with van der Waals surface area (Å²) in [6.45, 7) is 19.2. The highest BCUT2D eigenvalue weighted by Crippen LogP contribution is 2.18. The van der Waals surface area contributed by atoms with E-state index in [1.54, 1.807) is 7.05 Å². The number of nitro benzene ring substituents is 2. The van der Waals surface area contributed by atoms with Crippen molar-refractivity contribution in [2.75, 3.05) is 46.3 Å². The lowest BCUT2D eigenvalue weighted by Gasteiger charge is -2.24. The van der Waals surface area contributed by atoms with Crippen molar-refractivity contribution >= 4 is 40.6 Å². The minimum Gasteiger partial charge on any atom is -0.444 e. The molecular formula is C33H55ClN6O10. The summed E-state index contributed by atoms with van der Waals surface area (Å²) >= 11 is 4.92. The first-order chi connectivity index (χ1) is 23.9. The summed E-state index contributed by atoms with van der Waals surface area (Å²) in [6.07, 6.45) is 0.993. The molecule has 0 aliphatic heterocycles. The van der Waals surface area contributed by atoms with Crippen LogP contribution in [0.15, 0.2) is 48.5 Å². The number of amides is 2. The number of unbranched alkanes of at least 4 members (excludes halogenated alkanes) is 1. The van der Waals surface area contributed by atoms with Gasteiger partial charge in [0.2, 0.25) is 0 Å².